The van der Waals surface area contributed by atoms with Gasteiger partial charge in [-0.1, -0.05) is 24.0 Å². The summed E-state index contributed by atoms with van der Waals surface area (Å²) in [7, 11) is 0. The van der Waals surface area contributed by atoms with Crippen molar-refractivity contribution in [2.24, 2.45) is 0 Å². The van der Waals surface area contributed by atoms with Crippen LogP contribution in [0.2, 0.25) is 0 Å². The predicted molar refractivity (Wildman–Crippen MR) is 107 cm³/mol. The van der Waals surface area contributed by atoms with Crippen LogP contribution in [0.1, 0.15) is 24.0 Å². The molecule has 0 aliphatic rings. The molecule has 3 heterocycles. The quantitative estimate of drug-likeness (QED) is 0.467. The Balaban J connectivity index is 1.70. The number of nitrogens with two attached hydrogens (primary N) is 1. The van der Waals surface area contributed by atoms with Crippen molar-refractivity contribution in [1.29, 1.82) is 0 Å². The summed E-state index contributed by atoms with van der Waals surface area (Å²) in [4.78, 5) is 20.0. The van der Waals surface area contributed by atoms with Gasteiger partial charge in [0.05, 0.1) is 29.4 Å². The molecule has 0 spiro atoms. The molecule has 138 valence electrons. The lowest BCUT2D eigenvalue weighted by atomic mass is 10.0. The zero-order valence-electron chi connectivity index (χ0n) is 15.4. The number of hydrogen-bond donors (Lipinski definition) is 3. The van der Waals surface area contributed by atoms with Gasteiger partial charge in [0.25, 0.3) is 0 Å². The average molecular weight is 370 g/mol. The topological polar surface area (TPSA) is 114 Å². The van der Waals surface area contributed by atoms with Crippen LogP contribution in [0.15, 0.2) is 48.9 Å². The van der Waals surface area contributed by atoms with Gasteiger partial charge in [-0.3, -0.25) is 0 Å². The number of hydrogen-bond acceptors (Lipinski definition) is 6. The number of aryl methyl sites for hydroxylation is 1. The number of pyridine rings is 1. The maximum atomic E-state index is 10.5. The van der Waals surface area contributed by atoms with Crippen LogP contribution < -0.4 is 5.73 Å². The Morgan fingerprint density at radius 3 is 2.79 bits per heavy atom. The standard InChI is InChI=1S/C21H18N6O/c1-13-25-17-7-6-16(27-19(17)20(22)26-13)15-5-3-4-14(10-15)8-9-21(2,28)18-11-23-12-24-18/h3-7,10-12,28H,1-2H3,(H,23,24)(H2,22,25,26)/t21-/m1/s1. The smallest absolute Gasteiger partial charge is 0.164 e. The Labute approximate surface area is 161 Å². The molecule has 0 amide bonds. The number of imidazole rings is 1. The van der Waals surface area contributed by atoms with Crippen LogP contribution >= 0.6 is 0 Å². The van der Waals surface area contributed by atoms with E-state index in [0.717, 1.165) is 16.8 Å². The molecule has 28 heavy (non-hydrogen) atoms. The van der Waals surface area contributed by atoms with Crippen LogP contribution in [-0.4, -0.2) is 30.0 Å². The fourth-order valence-electron chi connectivity index (χ4n) is 2.86. The number of H-pyrrole nitrogens is 1. The van der Waals surface area contributed by atoms with Gasteiger partial charge in [-0.15, -0.1) is 0 Å². The van der Waals surface area contributed by atoms with Gasteiger partial charge in [0.2, 0.25) is 0 Å². The fraction of sp³-hybridized carbons (Fsp3) is 0.143. The maximum Gasteiger partial charge on any atom is 0.164 e. The Morgan fingerprint density at radius 2 is 2.00 bits per heavy atom. The first-order valence-electron chi connectivity index (χ1n) is 8.68. The molecule has 4 rings (SSSR count). The second kappa shape index (κ2) is 6.76. The first-order chi connectivity index (χ1) is 13.4. The highest BCUT2D eigenvalue weighted by Gasteiger charge is 2.21. The van der Waals surface area contributed by atoms with Crippen LogP contribution in [-0.2, 0) is 5.60 Å². The van der Waals surface area contributed by atoms with Gasteiger partial charge in [0.1, 0.15) is 11.3 Å². The Kier molecular flexibility index (Phi) is 4.26. The molecule has 0 saturated carbocycles. The van der Waals surface area contributed by atoms with Crippen molar-refractivity contribution in [3.63, 3.8) is 0 Å². The number of aliphatic hydroxyl groups is 1. The number of benzene rings is 1. The molecule has 0 unspecified atom stereocenters. The van der Waals surface area contributed by atoms with E-state index in [2.05, 4.69) is 36.8 Å². The van der Waals surface area contributed by atoms with E-state index in [1.54, 1.807) is 20.0 Å². The van der Waals surface area contributed by atoms with Gasteiger partial charge in [-0.25, -0.2) is 19.9 Å². The van der Waals surface area contributed by atoms with Crippen LogP contribution in [0, 0.1) is 18.8 Å². The Hall–Kier alpha value is -3.76. The Morgan fingerprint density at radius 1 is 1.14 bits per heavy atom. The number of rotatable bonds is 2. The molecule has 0 radical (unpaired) electrons. The van der Waals surface area contributed by atoms with Crippen LogP contribution in [0.4, 0.5) is 5.82 Å². The molecule has 7 heteroatoms. The third-order valence-electron chi connectivity index (χ3n) is 4.31. The highest BCUT2D eigenvalue weighted by molar-refractivity contribution is 5.86. The van der Waals surface area contributed by atoms with Crippen molar-refractivity contribution in [2.45, 2.75) is 19.4 Å². The third-order valence-corrected chi connectivity index (χ3v) is 4.31. The minimum Gasteiger partial charge on any atom is -0.382 e. The summed E-state index contributed by atoms with van der Waals surface area (Å²) in [6, 6.07) is 11.4. The van der Waals surface area contributed by atoms with E-state index in [9.17, 15) is 5.11 Å². The second-order valence-corrected chi connectivity index (χ2v) is 6.59. The molecule has 0 aliphatic heterocycles. The van der Waals surface area contributed by atoms with Crippen molar-refractivity contribution in [3.8, 4) is 23.1 Å². The molecular formula is C21H18N6O. The number of nitrogens with zero attached hydrogens (tertiary/aromatic N) is 4. The van der Waals surface area contributed by atoms with E-state index in [1.807, 2.05) is 36.4 Å². The lowest BCUT2D eigenvalue weighted by Crippen LogP contribution is -2.18. The van der Waals surface area contributed by atoms with Gasteiger partial charge in [0.15, 0.2) is 11.4 Å². The van der Waals surface area contributed by atoms with Crippen LogP contribution in [0.5, 0.6) is 0 Å². The SMILES string of the molecule is Cc1nc(N)c2nc(-c3cccc(C#C[C@@](C)(O)c4cnc[nH]4)c3)ccc2n1. The van der Waals surface area contributed by atoms with Gasteiger partial charge >= 0.3 is 0 Å². The summed E-state index contributed by atoms with van der Waals surface area (Å²) in [5.41, 5.74) is 8.89. The van der Waals surface area contributed by atoms with E-state index >= 15 is 0 Å². The van der Waals surface area contributed by atoms with Crippen molar-refractivity contribution in [2.75, 3.05) is 5.73 Å². The molecule has 0 saturated heterocycles. The second-order valence-electron chi connectivity index (χ2n) is 6.59. The first kappa shape index (κ1) is 17.6. The van der Waals surface area contributed by atoms with Crippen molar-refractivity contribution in [3.05, 3.63) is 66.0 Å². The number of aromatic amines is 1. The average Bonchev–Trinajstić information content (AvgIpc) is 3.22. The molecule has 4 N–H and O–H groups in total. The molecule has 7 nitrogen and oxygen atoms in total. The first-order valence-corrected chi connectivity index (χ1v) is 8.68. The highest BCUT2D eigenvalue weighted by atomic mass is 16.3. The summed E-state index contributed by atoms with van der Waals surface area (Å²) in [5.74, 6) is 6.86. The van der Waals surface area contributed by atoms with Gasteiger partial charge in [0, 0.05) is 11.1 Å². The summed E-state index contributed by atoms with van der Waals surface area (Å²) in [6.07, 6.45) is 3.06. The van der Waals surface area contributed by atoms with E-state index in [-0.39, 0.29) is 0 Å². The zero-order chi connectivity index (χ0) is 19.7. The normalized spacial score (nSPS) is 13.0. The number of aromatic nitrogens is 5. The van der Waals surface area contributed by atoms with E-state index in [0.29, 0.717) is 28.4 Å². The van der Waals surface area contributed by atoms with Crippen molar-refractivity contribution < 1.29 is 5.11 Å². The number of anilines is 1. The highest BCUT2D eigenvalue weighted by Crippen LogP contribution is 2.23. The van der Waals surface area contributed by atoms with E-state index < -0.39 is 5.60 Å². The lowest BCUT2D eigenvalue weighted by molar-refractivity contribution is 0.118. The molecule has 4 aromatic rings. The largest absolute Gasteiger partial charge is 0.382 e. The summed E-state index contributed by atoms with van der Waals surface area (Å²) >= 11 is 0. The zero-order valence-corrected chi connectivity index (χ0v) is 15.4. The molecule has 0 bridgehead atoms. The summed E-state index contributed by atoms with van der Waals surface area (Å²) in [6.45, 7) is 3.41. The van der Waals surface area contributed by atoms with Crippen LogP contribution in [0.3, 0.4) is 0 Å². The van der Waals surface area contributed by atoms with Gasteiger partial charge < -0.3 is 15.8 Å². The monoisotopic (exact) mass is 370 g/mol. The molecule has 3 aromatic heterocycles. The molecule has 1 aromatic carbocycles. The summed E-state index contributed by atoms with van der Waals surface area (Å²) < 4.78 is 0. The summed E-state index contributed by atoms with van der Waals surface area (Å²) in [5, 5.41) is 10.5. The fourth-order valence-corrected chi connectivity index (χ4v) is 2.86. The van der Waals surface area contributed by atoms with Crippen LogP contribution in [0.25, 0.3) is 22.3 Å². The van der Waals surface area contributed by atoms with Gasteiger partial charge in [-0.2, -0.15) is 0 Å². The van der Waals surface area contributed by atoms with Crippen molar-refractivity contribution in [1.82, 2.24) is 24.9 Å². The number of fused-ring (bicyclic) bond motifs is 1. The minimum absolute atomic E-state index is 0.357. The molecule has 0 aliphatic carbocycles. The third kappa shape index (κ3) is 3.41. The lowest BCUT2D eigenvalue weighted by Gasteiger charge is -2.13. The van der Waals surface area contributed by atoms with E-state index in [1.165, 1.54) is 6.33 Å². The maximum absolute atomic E-state index is 10.5. The molecular weight excluding hydrogens is 352 g/mol. The number of nitrogen functional groups attached to an aromatic ring is 1. The van der Waals surface area contributed by atoms with E-state index in [4.69, 9.17) is 5.73 Å². The molecule has 0 fully saturated rings. The number of nitrogens with one attached hydrogen (secondary N) is 1. The van der Waals surface area contributed by atoms with Crippen molar-refractivity contribution >= 4 is 16.9 Å². The molecule has 1 atom stereocenters. The predicted octanol–water partition coefficient (Wildman–Crippen LogP) is 2.56. The van der Waals surface area contributed by atoms with Gasteiger partial charge in [-0.05, 0) is 38.1 Å². The Bertz CT molecular complexity index is 1220. The minimum atomic E-state index is -1.32.